The van der Waals surface area contributed by atoms with Crippen LogP contribution in [0.1, 0.15) is 43.0 Å². The van der Waals surface area contributed by atoms with Crippen molar-refractivity contribution in [1.29, 1.82) is 0 Å². The van der Waals surface area contributed by atoms with Gasteiger partial charge in [0, 0.05) is 24.6 Å². The van der Waals surface area contributed by atoms with Crippen LogP contribution in [0.5, 0.6) is 0 Å². The molecule has 1 heterocycles. The van der Waals surface area contributed by atoms with Crippen LogP contribution in [0.4, 0.5) is 0 Å². The number of benzene rings is 2. The first kappa shape index (κ1) is 19.9. The minimum Gasteiger partial charge on any atom is -0.480 e. The highest BCUT2D eigenvalue weighted by molar-refractivity contribution is 6.07. The molecule has 0 aromatic heterocycles. The molecule has 0 bridgehead atoms. The maximum absolute atomic E-state index is 13.0. The van der Waals surface area contributed by atoms with Gasteiger partial charge >= 0.3 is 5.97 Å². The molecule has 148 valence electrons. The largest absolute Gasteiger partial charge is 0.480 e. The second kappa shape index (κ2) is 8.87. The second-order valence-electron chi connectivity index (χ2n) is 7.28. The highest BCUT2D eigenvalue weighted by Gasteiger charge is 2.30. The Kier molecular flexibility index (Phi) is 6.29. The smallest absolute Gasteiger partial charge is 0.326 e. The number of carboxylic acid groups (broad SMARTS) is 1. The summed E-state index contributed by atoms with van der Waals surface area (Å²) in [5.41, 5.74) is 0.676. The van der Waals surface area contributed by atoms with Gasteiger partial charge in [-0.05, 0) is 36.1 Å². The van der Waals surface area contributed by atoms with Crippen LogP contribution in [-0.4, -0.2) is 46.9 Å². The van der Waals surface area contributed by atoms with Gasteiger partial charge in [0.05, 0.1) is 0 Å². The molecule has 2 aromatic carbocycles. The molecule has 28 heavy (non-hydrogen) atoms. The molecule has 1 aliphatic rings. The third-order valence-electron chi connectivity index (χ3n) is 5.36. The van der Waals surface area contributed by atoms with E-state index in [-0.39, 0.29) is 17.7 Å². The van der Waals surface area contributed by atoms with Gasteiger partial charge in [0.25, 0.3) is 5.91 Å². The number of amides is 2. The summed E-state index contributed by atoms with van der Waals surface area (Å²) in [5.74, 6) is -1.50. The maximum Gasteiger partial charge on any atom is 0.326 e. The van der Waals surface area contributed by atoms with Gasteiger partial charge < -0.3 is 15.3 Å². The quantitative estimate of drug-likeness (QED) is 0.804. The Morgan fingerprint density at radius 1 is 1.11 bits per heavy atom. The van der Waals surface area contributed by atoms with Crippen molar-refractivity contribution in [1.82, 2.24) is 10.2 Å². The lowest BCUT2D eigenvalue weighted by atomic mass is 9.94. The molecule has 2 amide bonds. The molecule has 1 aliphatic heterocycles. The lowest BCUT2D eigenvalue weighted by Crippen LogP contribution is -2.47. The molecule has 0 radical (unpaired) electrons. The molecule has 0 saturated carbocycles. The average Bonchev–Trinajstić information content (AvgIpc) is 2.72. The third-order valence-corrected chi connectivity index (χ3v) is 5.36. The zero-order valence-corrected chi connectivity index (χ0v) is 16.1. The SMILES string of the molecule is CCCC(NC(=O)C1CCN(C(=O)c2cccc3ccccc23)CC1)C(=O)O. The number of carbonyl (C=O) groups excluding carboxylic acids is 2. The maximum atomic E-state index is 13.0. The molecule has 2 N–H and O–H groups in total. The fourth-order valence-corrected chi connectivity index (χ4v) is 3.76. The van der Waals surface area contributed by atoms with Crippen LogP contribution < -0.4 is 5.32 Å². The van der Waals surface area contributed by atoms with Gasteiger partial charge in [-0.3, -0.25) is 9.59 Å². The number of nitrogens with zero attached hydrogens (tertiary/aromatic N) is 1. The van der Waals surface area contributed by atoms with Crippen molar-refractivity contribution >= 4 is 28.6 Å². The van der Waals surface area contributed by atoms with E-state index in [1.807, 2.05) is 49.4 Å². The van der Waals surface area contributed by atoms with E-state index >= 15 is 0 Å². The number of piperidine rings is 1. The van der Waals surface area contributed by atoms with Crippen molar-refractivity contribution in [3.8, 4) is 0 Å². The lowest BCUT2D eigenvalue weighted by molar-refractivity contribution is -0.142. The Morgan fingerprint density at radius 2 is 1.79 bits per heavy atom. The van der Waals surface area contributed by atoms with Gasteiger partial charge in [-0.2, -0.15) is 0 Å². The number of carbonyl (C=O) groups is 3. The zero-order chi connectivity index (χ0) is 20.1. The molecule has 6 nitrogen and oxygen atoms in total. The number of fused-ring (bicyclic) bond motifs is 1. The molecule has 0 aliphatic carbocycles. The summed E-state index contributed by atoms with van der Waals surface area (Å²) in [7, 11) is 0. The van der Waals surface area contributed by atoms with Gasteiger partial charge in [0.2, 0.25) is 5.91 Å². The van der Waals surface area contributed by atoms with E-state index in [1.54, 1.807) is 4.90 Å². The Labute approximate surface area is 164 Å². The summed E-state index contributed by atoms with van der Waals surface area (Å²) in [5, 5.41) is 13.8. The first-order valence-corrected chi connectivity index (χ1v) is 9.81. The minimum atomic E-state index is -1.00. The third kappa shape index (κ3) is 4.32. The fraction of sp³-hybridized carbons (Fsp3) is 0.409. The van der Waals surface area contributed by atoms with Crippen molar-refractivity contribution < 1.29 is 19.5 Å². The number of hydrogen-bond donors (Lipinski definition) is 2. The second-order valence-corrected chi connectivity index (χ2v) is 7.28. The van der Waals surface area contributed by atoms with Gasteiger partial charge in [-0.25, -0.2) is 4.79 Å². The molecule has 1 fully saturated rings. The molecule has 2 aromatic rings. The number of hydrogen-bond acceptors (Lipinski definition) is 3. The van der Waals surface area contributed by atoms with Crippen molar-refractivity contribution in [2.45, 2.75) is 38.6 Å². The fourth-order valence-electron chi connectivity index (χ4n) is 3.76. The number of nitrogens with one attached hydrogen (secondary N) is 1. The van der Waals surface area contributed by atoms with Crippen molar-refractivity contribution in [2.75, 3.05) is 13.1 Å². The highest BCUT2D eigenvalue weighted by atomic mass is 16.4. The van der Waals surface area contributed by atoms with E-state index in [0.717, 1.165) is 10.8 Å². The number of likely N-dealkylation sites (tertiary alicyclic amines) is 1. The van der Waals surface area contributed by atoms with Crippen LogP contribution in [0, 0.1) is 5.92 Å². The van der Waals surface area contributed by atoms with E-state index in [9.17, 15) is 19.5 Å². The Hall–Kier alpha value is -2.89. The Balaban J connectivity index is 1.62. The van der Waals surface area contributed by atoms with Crippen molar-refractivity contribution in [2.24, 2.45) is 5.92 Å². The predicted octanol–water partition coefficient (Wildman–Crippen LogP) is 3.06. The summed E-state index contributed by atoms with van der Waals surface area (Å²) in [6, 6.07) is 12.7. The number of aliphatic carboxylic acids is 1. The monoisotopic (exact) mass is 382 g/mol. The van der Waals surface area contributed by atoms with Gasteiger partial charge in [-0.1, -0.05) is 49.7 Å². The van der Waals surface area contributed by atoms with E-state index in [2.05, 4.69) is 5.32 Å². The first-order chi connectivity index (χ1) is 13.5. The van der Waals surface area contributed by atoms with E-state index in [4.69, 9.17) is 0 Å². The molecule has 1 atom stereocenters. The minimum absolute atomic E-state index is 0.0231. The Morgan fingerprint density at radius 3 is 2.46 bits per heavy atom. The van der Waals surface area contributed by atoms with Crippen LogP contribution in [0.2, 0.25) is 0 Å². The van der Waals surface area contributed by atoms with Crippen molar-refractivity contribution in [3.63, 3.8) is 0 Å². The molecule has 3 rings (SSSR count). The highest BCUT2D eigenvalue weighted by Crippen LogP contribution is 2.24. The molecule has 1 unspecified atom stereocenters. The average molecular weight is 382 g/mol. The topological polar surface area (TPSA) is 86.7 Å². The summed E-state index contributed by atoms with van der Waals surface area (Å²) in [6.45, 7) is 2.87. The van der Waals surface area contributed by atoms with E-state index < -0.39 is 12.0 Å². The van der Waals surface area contributed by atoms with E-state index in [0.29, 0.717) is 44.3 Å². The van der Waals surface area contributed by atoms with Gasteiger partial charge in [-0.15, -0.1) is 0 Å². The summed E-state index contributed by atoms with van der Waals surface area (Å²) < 4.78 is 0. The van der Waals surface area contributed by atoms with E-state index in [1.165, 1.54) is 0 Å². The molecular weight excluding hydrogens is 356 g/mol. The zero-order valence-electron chi connectivity index (χ0n) is 16.1. The predicted molar refractivity (Wildman–Crippen MR) is 107 cm³/mol. The lowest BCUT2D eigenvalue weighted by Gasteiger charge is -2.32. The first-order valence-electron chi connectivity index (χ1n) is 9.81. The molecule has 0 spiro atoms. The standard InChI is InChI=1S/C22H26N2O4/c1-2-6-19(22(27)28)23-20(25)16-11-13-24(14-12-16)21(26)18-10-5-8-15-7-3-4-9-17(15)18/h3-5,7-10,16,19H,2,6,11-14H2,1H3,(H,23,25)(H,27,28). The van der Waals surface area contributed by atoms with Crippen LogP contribution in [0.25, 0.3) is 10.8 Å². The van der Waals surface area contributed by atoms with Crippen molar-refractivity contribution in [3.05, 3.63) is 48.0 Å². The van der Waals surface area contributed by atoms with Gasteiger partial charge in [0.1, 0.15) is 6.04 Å². The normalized spacial score (nSPS) is 16.0. The van der Waals surface area contributed by atoms with Crippen LogP contribution in [-0.2, 0) is 9.59 Å². The molecular formula is C22H26N2O4. The van der Waals surface area contributed by atoms with Crippen LogP contribution in [0.3, 0.4) is 0 Å². The number of carboxylic acids is 1. The number of rotatable bonds is 6. The van der Waals surface area contributed by atoms with Crippen LogP contribution >= 0.6 is 0 Å². The van der Waals surface area contributed by atoms with Crippen LogP contribution in [0.15, 0.2) is 42.5 Å². The summed E-state index contributed by atoms with van der Waals surface area (Å²) >= 11 is 0. The molecule has 1 saturated heterocycles. The summed E-state index contributed by atoms with van der Waals surface area (Å²) in [6.07, 6.45) is 2.19. The summed E-state index contributed by atoms with van der Waals surface area (Å²) in [4.78, 5) is 38.5. The Bertz CT molecular complexity index is 866. The molecule has 6 heteroatoms. The van der Waals surface area contributed by atoms with Gasteiger partial charge in [0.15, 0.2) is 0 Å².